The topological polar surface area (TPSA) is 161 Å². The lowest BCUT2D eigenvalue weighted by molar-refractivity contribution is -0.129. The van der Waals surface area contributed by atoms with Crippen LogP contribution in [0.2, 0.25) is 0 Å². The smallest absolute Gasteiger partial charge is 0.407 e. The molecule has 12 heteroatoms. The van der Waals surface area contributed by atoms with E-state index in [-0.39, 0.29) is 31.8 Å². The van der Waals surface area contributed by atoms with Crippen molar-refractivity contribution >= 4 is 30.1 Å². The van der Waals surface area contributed by atoms with Crippen LogP contribution in [0.3, 0.4) is 0 Å². The van der Waals surface area contributed by atoms with Crippen molar-refractivity contribution in [2.45, 2.75) is 64.7 Å². The molecule has 0 rings (SSSR count). The van der Waals surface area contributed by atoms with Gasteiger partial charge in [-0.25, -0.2) is 4.79 Å². The zero-order valence-electron chi connectivity index (χ0n) is 20.4. The van der Waals surface area contributed by atoms with E-state index in [2.05, 4.69) is 21.3 Å². The first kappa shape index (κ1) is 30.3. The van der Waals surface area contributed by atoms with Crippen LogP contribution in [0.25, 0.3) is 0 Å². The molecule has 4 amide bonds. The predicted molar refractivity (Wildman–Crippen MR) is 119 cm³/mol. The first-order chi connectivity index (χ1) is 15.3. The molecule has 0 aromatic carbocycles. The normalized spacial score (nSPS) is 12.3. The number of hydrogen-bond acceptors (Lipinski definition) is 8. The summed E-state index contributed by atoms with van der Waals surface area (Å²) < 4.78 is 16.2. The summed E-state index contributed by atoms with van der Waals surface area (Å²) in [6.07, 6.45) is 0.919. The minimum Gasteiger partial charge on any atom is -0.449 e. The van der Waals surface area contributed by atoms with Gasteiger partial charge in [-0.3, -0.25) is 14.4 Å². The van der Waals surface area contributed by atoms with E-state index in [0.717, 1.165) is 0 Å². The standard InChI is InChI=1S/C21H38N4O8/c1-15(18(29)22-9-10-26)25-17(28)14-23-16(27)13-24-19(30)32-11-7-21(4,5)33-12-8-20(2,3)31-6/h10,15H,7-9,11-14H2,1-6H3,(H,22,29)(H,23,27)(H,24,30)(H,25,28). The van der Waals surface area contributed by atoms with Gasteiger partial charge in [0.1, 0.15) is 18.9 Å². The second-order valence-corrected chi connectivity index (χ2v) is 8.54. The Morgan fingerprint density at radius 2 is 1.48 bits per heavy atom. The Kier molecular flexibility index (Phi) is 13.9. The highest BCUT2D eigenvalue weighted by atomic mass is 16.6. The lowest BCUT2D eigenvalue weighted by Crippen LogP contribution is -2.49. The quantitative estimate of drug-likeness (QED) is 0.221. The monoisotopic (exact) mass is 474 g/mol. The van der Waals surface area contributed by atoms with Crippen molar-refractivity contribution in [1.29, 1.82) is 0 Å². The van der Waals surface area contributed by atoms with Gasteiger partial charge in [0.15, 0.2) is 0 Å². The second-order valence-electron chi connectivity index (χ2n) is 8.54. The van der Waals surface area contributed by atoms with Crippen LogP contribution in [0.4, 0.5) is 4.79 Å². The number of aldehydes is 1. The number of nitrogens with one attached hydrogen (secondary N) is 4. The average Bonchev–Trinajstić information content (AvgIpc) is 2.73. The predicted octanol–water partition coefficient (Wildman–Crippen LogP) is -0.351. The minimum atomic E-state index is -0.873. The molecule has 0 aliphatic heterocycles. The molecule has 0 aromatic rings. The first-order valence-electron chi connectivity index (χ1n) is 10.7. The Balaban J connectivity index is 4.04. The van der Waals surface area contributed by atoms with E-state index >= 15 is 0 Å². The highest BCUT2D eigenvalue weighted by molar-refractivity contribution is 5.91. The molecule has 0 aliphatic carbocycles. The van der Waals surface area contributed by atoms with Gasteiger partial charge >= 0.3 is 6.09 Å². The van der Waals surface area contributed by atoms with Gasteiger partial charge in [-0.15, -0.1) is 0 Å². The molecule has 0 heterocycles. The van der Waals surface area contributed by atoms with Crippen molar-refractivity contribution in [3.8, 4) is 0 Å². The third-order valence-electron chi connectivity index (χ3n) is 4.66. The molecule has 0 aliphatic rings. The van der Waals surface area contributed by atoms with Crippen LogP contribution in [-0.2, 0) is 33.4 Å². The van der Waals surface area contributed by atoms with Crippen molar-refractivity contribution in [1.82, 2.24) is 21.3 Å². The van der Waals surface area contributed by atoms with Crippen molar-refractivity contribution in [3.63, 3.8) is 0 Å². The molecular formula is C21H38N4O8. The summed E-state index contributed by atoms with van der Waals surface area (Å²) in [6, 6.07) is -0.873. The van der Waals surface area contributed by atoms with Crippen molar-refractivity contribution < 1.29 is 38.2 Å². The van der Waals surface area contributed by atoms with Gasteiger partial charge in [-0.2, -0.15) is 0 Å². The summed E-state index contributed by atoms with van der Waals surface area (Å²) in [7, 11) is 1.65. The summed E-state index contributed by atoms with van der Waals surface area (Å²) >= 11 is 0. The van der Waals surface area contributed by atoms with Crippen LogP contribution < -0.4 is 21.3 Å². The fourth-order valence-electron chi connectivity index (χ4n) is 2.24. The first-order valence-corrected chi connectivity index (χ1v) is 10.7. The summed E-state index contributed by atoms with van der Waals surface area (Å²) in [6.45, 7) is 8.82. The van der Waals surface area contributed by atoms with E-state index in [1.165, 1.54) is 6.92 Å². The van der Waals surface area contributed by atoms with Gasteiger partial charge in [-0.05, 0) is 41.0 Å². The molecule has 0 spiro atoms. The summed E-state index contributed by atoms with van der Waals surface area (Å²) in [5.41, 5.74) is -0.784. The summed E-state index contributed by atoms with van der Waals surface area (Å²) in [5.74, 6) is -1.74. The molecule has 0 saturated carbocycles. The maximum Gasteiger partial charge on any atom is 0.407 e. The zero-order valence-corrected chi connectivity index (χ0v) is 20.4. The summed E-state index contributed by atoms with van der Waals surface area (Å²) in [4.78, 5) is 57.0. The van der Waals surface area contributed by atoms with E-state index in [9.17, 15) is 24.0 Å². The van der Waals surface area contributed by atoms with Gasteiger partial charge in [0.05, 0.1) is 37.5 Å². The maximum atomic E-state index is 11.8. The Morgan fingerprint density at radius 3 is 2.09 bits per heavy atom. The Morgan fingerprint density at radius 1 is 0.879 bits per heavy atom. The molecule has 12 nitrogen and oxygen atoms in total. The van der Waals surface area contributed by atoms with Gasteiger partial charge < -0.3 is 40.3 Å². The van der Waals surface area contributed by atoms with Crippen molar-refractivity contribution in [2.75, 3.05) is 40.0 Å². The number of alkyl carbamates (subject to hydrolysis) is 1. The number of rotatable bonds is 16. The minimum absolute atomic E-state index is 0.0978. The largest absolute Gasteiger partial charge is 0.449 e. The fraction of sp³-hybridized carbons (Fsp3) is 0.762. The second kappa shape index (κ2) is 15.2. The molecule has 0 bridgehead atoms. The number of carbonyl (C=O) groups is 5. The Labute approximate surface area is 194 Å². The van der Waals surface area contributed by atoms with Crippen LogP contribution >= 0.6 is 0 Å². The highest BCUT2D eigenvalue weighted by Crippen LogP contribution is 2.18. The molecule has 0 radical (unpaired) electrons. The third kappa shape index (κ3) is 15.7. The SMILES string of the molecule is COC(C)(C)CCOC(C)(C)CCOC(=O)NCC(=O)NCC(=O)NC(C)C(=O)NCC=O. The molecule has 1 atom stereocenters. The fourth-order valence-corrected chi connectivity index (χ4v) is 2.24. The average molecular weight is 475 g/mol. The lowest BCUT2D eigenvalue weighted by Gasteiger charge is -2.28. The maximum absolute atomic E-state index is 11.8. The third-order valence-corrected chi connectivity index (χ3v) is 4.66. The van der Waals surface area contributed by atoms with Crippen molar-refractivity contribution in [2.24, 2.45) is 0 Å². The van der Waals surface area contributed by atoms with Crippen LogP contribution in [-0.4, -0.2) is 87.3 Å². The van der Waals surface area contributed by atoms with Crippen LogP contribution in [0.15, 0.2) is 0 Å². The van der Waals surface area contributed by atoms with Gasteiger partial charge in [0.2, 0.25) is 17.7 Å². The number of methoxy groups -OCH3 is 1. The molecule has 4 N–H and O–H groups in total. The summed E-state index contributed by atoms with van der Waals surface area (Å²) in [5, 5.41) is 9.25. The molecule has 0 saturated heterocycles. The van der Waals surface area contributed by atoms with Gasteiger partial charge in [-0.1, -0.05) is 0 Å². The van der Waals surface area contributed by atoms with Gasteiger partial charge in [0.25, 0.3) is 0 Å². The highest BCUT2D eigenvalue weighted by Gasteiger charge is 2.22. The zero-order chi connectivity index (χ0) is 25.5. The molecule has 1 unspecified atom stereocenters. The van der Waals surface area contributed by atoms with E-state index < -0.39 is 35.5 Å². The molecule has 0 aromatic heterocycles. The van der Waals surface area contributed by atoms with Crippen LogP contribution in [0, 0.1) is 0 Å². The molecular weight excluding hydrogens is 436 g/mol. The molecule has 0 fully saturated rings. The lowest BCUT2D eigenvalue weighted by atomic mass is 10.0. The molecule has 190 valence electrons. The number of carbonyl (C=O) groups excluding carboxylic acids is 5. The van der Waals surface area contributed by atoms with Crippen molar-refractivity contribution in [3.05, 3.63) is 0 Å². The molecule has 33 heavy (non-hydrogen) atoms. The van der Waals surface area contributed by atoms with E-state index in [4.69, 9.17) is 14.2 Å². The van der Waals surface area contributed by atoms with E-state index in [1.807, 2.05) is 27.7 Å². The Bertz CT molecular complexity index is 667. The van der Waals surface area contributed by atoms with Gasteiger partial charge in [0, 0.05) is 13.5 Å². The van der Waals surface area contributed by atoms with Crippen LogP contribution in [0.5, 0.6) is 0 Å². The van der Waals surface area contributed by atoms with E-state index in [0.29, 0.717) is 25.7 Å². The Hall–Kier alpha value is -2.73. The number of amides is 4. The number of ether oxygens (including phenoxy) is 3. The van der Waals surface area contributed by atoms with Crippen LogP contribution in [0.1, 0.15) is 47.5 Å². The number of hydrogen-bond donors (Lipinski definition) is 4. The van der Waals surface area contributed by atoms with E-state index in [1.54, 1.807) is 7.11 Å².